The summed E-state index contributed by atoms with van der Waals surface area (Å²) < 4.78 is 0. The minimum absolute atomic E-state index is 0.581. The summed E-state index contributed by atoms with van der Waals surface area (Å²) in [5, 5.41) is 6.02. The lowest BCUT2D eigenvalue weighted by molar-refractivity contribution is -0.132. The van der Waals surface area contributed by atoms with Crippen LogP contribution in [-0.4, -0.2) is 16.8 Å². The van der Waals surface area contributed by atoms with Gasteiger partial charge in [-0.3, -0.25) is 9.59 Å². The van der Waals surface area contributed by atoms with Gasteiger partial charge in [0.05, 0.1) is 5.69 Å². The van der Waals surface area contributed by atoms with Crippen molar-refractivity contribution in [1.29, 1.82) is 0 Å². The number of benzene rings is 2. The number of carbonyl (C=O) groups is 2. The average molecular weight is 279 g/mol. The molecule has 5 nitrogen and oxygen atoms in total. The predicted molar refractivity (Wildman–Crippen MR) is 82.0 cm³/mol. The van der Waals surface area contributed by atoms with Crippen molar-refractivity contribution in [2.45, 2.75) is 0 Å². The van der Waals surface area contributed by atoms with Crippen LogP contribution in [0.3, 0.4) is 0 Å². The van der Waals surface area contributed by atoms with Crippen molar-refractivity contribution in [3.05, 3.63) is 60.8 Å². The normalized spacial score (nSPS) is 10.3. The second-order valence-corrected chi connectivity index (χ2v) is 4.52. The van der Waals surface area contributed by atoms with Gasteiger partial charge in [0.1, 0.15) is 0 Å². The highest BCUT2D eigenvalue weighted by Crippen LogP contribution is 2.22. The fourth-order valence-electron chi connectivity index (χ4n) is 2.08. The lowest BCUT2D eigenvalue weighted by Gasteiger charge is -2.07. The summed E-state index contributed by atoms with van der Waals surface area (Å²) in [6, 6.07) is 16.2. The van der Waals surface area contributed by atoms with E-state index in [1.54, 1.807) is 36.5 Å². The maximum absolute atomic E-state index is 11.9. The van der Waals surface area contributed by atoms with E-state index >= 15 is 0 Å². The molecule has 2 aromatic carbocycles. The van der Waals surface area contributed by atoms with Gasteiger partial charge in [0.15, 0.2) is 0 Å². The molecule has 2 amide bonds. The molecule has 0 atom stereocenters. The van der Waals surface area contributed by atoms with Gasteiger partial charge in [-0.15, -0.1) is 0 Å². The maximum atomic E-state index is 11.9. The average Bonchev–Trinajstić information content (AvgIpc) is 2.98. The number of carbonyl (C=O) groups excluding carboxylic acids is 2. The smallest absolute Gasteiger partial charge is 0.314 e. The first-order chi connectivity index (χ1) is 10.2. The molecule has 0 aliphatic rings. The van der Waals surface area contributed by atoms with E-state index in [4.69, 9.17) is 0 Å². The van der Waals surface area contributed by atoms with Gasteiger partial charge in [0, 0.05) is 22.8 Å². The Hall–Kier alpha value is -3.08. The number of aromatic amines is 1. The molecule has 0 aliphatic heterocycles. The molecular formula is C16H13N3O2. The van der Waals surface area contributed by atoms with Crippen molar-refractivity contribution in [3.63, 3.8) is 0 Å². The van der Waals surface area contributed by atoms with E-state index in [2.05, 4.69) is 15.6 Å². The second-order valence-electron chi connectivity index (χ2n) is 4.52. The molecule has 0 bridgehead atoms. The number of hydrogen-bond acceptors (Lipinski definition) is 2. The van der Waals surface area contributed by atoms with Gasteiger partial charge in [0.2, 0.25) is 0 Å². The molecule has 0 saturated carbocycles. The van der Waals surface area contributed by atoms with E-state index in [9.17, 15) is 9.59 Å². The number of hydrogen-bond donors (Lipinski definition) is 3. The molecule has 0 radical (unpaired) electrons. The third-order valence-electron chi connectivity index (χ3n) is 3.08. The molecule has 0 spiro atoms. The van der Waals surface area contributed by atoms with Gasteiger partial charge in [-0.05, 0) is 30.3 Å². The molecule has 3 rings (SSSR count). The topological polar surface area (TPSA) is 74.0 Å². The van der Waals surface area contributed by atoms with Crippen LogP contribution in [0.4, 0.5) is 11.4 Å². The number of aromatic nitrogens is 1. The lowest BCUT2D eigenvalue weighted by atomic mass is 10.2. The number of fused-ring (bicyclic) bond motifs is 1. The third-order valence-corrected chi connectivity index (χ3v) is 3.08. The molecular weight excluding hydrogens is 266 g/mol. The number of rotatable bonds is 2. The summed E-state index contributed by atoms with van der Waals surface area (Å²) in [4.78, 5) is 26.9. The van der Waals surface area contributed by atoms with Gasteiger partial charge in [-0.25, -0.2) is 0 Å². The molecule has 0 unspecified atom stereocenters. The zero-order valence-corrected chi connectivity index (χ0v) is 11.1. The van der Waals surface area contributed by atoms with Crippen LogP contribution in [-0.2, 0) is 9.59 Å². The van der Waals surface area contributed by atoms with Crippen LogP contribution in [0.2, 0.25) is 0 Å². The Balaban J connectivity index is 1.74. The molecule has 0 aliphatic carbocycles. The van der Waals surface area contributed by atoms with E-state index in [1.165, 1.54) is 0 Å². The van der Waals surface area contributed by atoms with E-state index in [0.29, 0.717) is 11.4 Å². The van der Waals surface area contributed by atoms with Crippen LogP contribution in [0.15, 0.2) is 60.8 Å². The van der Waals surface area contributed by atoms with Gasteiger partial charge in [-0.2, -0.15) is 0 Å². The van der Waals surface area contributed by atoms with Crippen molar-refractivity contribution < 1.29 is 9.59 Å². The number of para-hydroxylation sites is 1. The predicted octanol–water partition coefficient (Wildman–Crippen LogP) is 2.75. The molecule has 0 saturated heterocycles. The first-order valence-corrected chi connectivity index (χ1v) is 6.47. The molecule has 0 fully saturated rings. The fraction of sp³-hybridized carbons (Fsp3) is 0. The number of amides is 2. The van der Waals surface area contributed by atoms with Crippen LogP contribution >= 0.6 is 0 Å². The molecule has 3 aromatic rings. The lowest BCUT2D eigenvalue weighted by Crippen LogP contribution is -2.29. The highest BCUT2D eigenvalue weighted by Gasteiger charge is 2.15. The Kier molecular flexibility index (Phi) is 3.39. The minimum Gasteiger partial charge on any atom is -0.361 e. The minimum atomic E-state index is -0.701. The zero-order valence-electron chi connectivity index (χ0n) is 11.1. The summed E-state index contributed by atoms with van der Waals surface area (Å²) in [5.74, 6) is -1.40. The first-order valence-electron chi connectivity index (χ1n) is 6.47. The van der Waals surface area contributed by atoms with E-state index in [-0.39, 0.29) is 0 Å². The van der Waals surface area contributed by atoms with Crippen LogP contribution < -0.4 is 10.6 Å². The van der Waals surface area contributed by atoms with Crippen molar-refractivity contribution >= 4 is 34.1 Å². The molecule has 1 heterocycles. The van der Waals surface area contributed by atoms with Gasteiger partial charge in [-0.1, -0.05) is 24.3 Å². The fourth-order valence-corrected chi connectivity index (χ4v) is 2.08. The first kappa shape index (κ1) is 12.9. The molecule has 104 valence electrons. The number of H-pyrrole nitrogens is 1. The Bertz CT molecular complexity index is 793. The number of anilines is 2. The molecule has 3 N–H and O–H groups in total. The Labute approximate surface area is 121 Å². The van der Waals surface area contributed by atoms with Crippen molar-refractivity contribution in [2.24, 2.45) is 0 Å². The Morgan fingerprint density at radius 1 is 0.810 bits per heavy atom. The van der Waals surface area contributed by atoms with Gasteiger partial charge >= 0.3 is 11.8 Å². The maximum Gasteiger partial charge on any atom is 0.314 e. The highest BCUT2D eigenvalue weighted by molar-refractivity contribution is 6.44. The van der Waals surface area contributed by atoms with E-state index < -0.39 is 11.8 Å². The molecule has 21 heavy (non-hydrogen) atoms. The summed E-state index contributed by atoms with van der Waals surface area (Å²) >= 11 is 0. The zero-order chi connectivity index (χ0) is 14.7. The van der Waals surface area contributed by atoms with Gasteiger partial charge < -0.3 is 15.6 Å². The Morgan fingerprint density at radius 2 is 1.57 bits per heavy atom. The second kappa shape index (κ2) is 5.50. The van der Waals surface area contributed by atoms with Gasteiger partial charge in [0.25, 0.3) is 0 Å². The van der Waals surface area contributed by atoms with E-state index in [0.717, 1.165) is 10.9 Å². The Morgan fingerprint density at radius 3 is 2.38 bits per heavy atom. The largest absolute Gasteiger partial charge is 0.361 e. The van der Waals surface area contributed by atoms with E-state index in [1.807, 2.05) is 24.3 Å². The monoisotopic (exact) mass is 279 g/mol. The van der Waals surface area contributed by atoms with Crippen LogP contribution in [0, 0.1) is 0 Å². The third kappa shape index (κ3) is 2.76. The molecule has 1 aromatic heterocycles. The van der Waals surface area contributed by atoms with Crippen molar-refractivity contribution in [2.75, 3.05) is 10.6 Å². The van der Waals surface area contributed by atoms with Crippen molar-refractivity contribution in [1.82, 2.24) is 4.98 Å². The van der Waals surface area contributed by atoms with Crippen LogP contribution in [0.1, 0.15) is 0 Å². The highest BCUT2D eigenvalue weighted by atomic mass is 16.2. The summed E-state index contributed by atoms with van der Waals surface area (Å²) in [7, 11) is 0. The summed E-state index contributed by atoms with van der Waals surface area (Å²) in [6.45, 7) is 0. The number of nitrogens with one attached hydrogen (secondary N) is 3. The SMILES string of the molecule is O=C(Nc1ccccc1)C(=O)Nc1cccc2[nH]ccc12. The van der Waals surface area contributed by atoms with Crippen LogP contribution in [0.25, 0.3) is 10.9 Å². The van der Waals surface area contributed by atoms with Crippen molar-refractivity contribution in [3.8, 4) is 0 Å². The molecule has 5 heteroatoms. The quantitative estimate of drug-likeness (QED) is 0.631. The summed E-state index contributed by atoms with van der Waals surface area (Å²) in [5.41, 5.74) is 2.08. The standard InChI is InChI=1S/C16H13N3O2/c20-15(18-11-5-2-1-3-6-11)16(21)19-14-8-4-7-13-12(14)9-10-17-13/h1-10,17H,(H,18,20)(H,19,21). The summed E-state index contributed by atoms with van der Waals surface area (Å²) in [6.07, 6.45) is 1.78. The van der Waals surface area contributed by atoms with Crippen LogP contribution in [0.5, 0.6) is 0 Å².